The minimum atomic E-state index is 0.0605. The van der Waals surface area contributed by atoms with Crippen molar-refractivity contribution < 1.29 is 0 Å². The second-order valence-corrected chi connectivity index (χ2v) is 4.33. The monoisotopic (exact) mass is 192 g/mol. The molecule has 0 radical (unpaired) electrons. The van der Waals surface area contributed by atoms with E-state index in [9.17, 15) is 0 Å². The van der Waals surface area contributed by atoms with E-state index in [2.05, 4.69) is 38.2 Å². The molecule has 0 spiro atoms. The molecule has 0 aromatic rings. The summed E-state index contributed by atoms with van der Waals surface area (Å²) in [4.78, 5) is 0. The van der Waals surface area contributed by atoms with Gasteiger partial charge in [-0.2, -0.15) is 5.26 Å². The van der Waals surface area contributed by atoms with Gasteiger partial charge in [0, 0.05) is 6.04 Å². The molecule has 1 aliphatic rings. The summed E-state index contributed by atoms with van der Waals surface area (Å²) in [6.45, 7) is 7.52. The van der Waals surface area contributed by atoms with Crippen LogP contribution in [0.5, 0.6) is 0 Å². The molecule has 2 heteroatoms. The van der Waals surface area contributed by atoms with Crippen LogP contribution in [0.1, 0.15) is 33.6 Å². The van der Waals surface area contributed by atoms with Crippen LogP contribution in [-0.2, 0) is 0 Å². The fourth-order valence-electron chi connectivity index (χ4n) is 2.22. The molecule has 3 unspecified atom stereocenters. The van der Waals surface area contributed by atoms with Gasteiger partial charge in [-0.1, -0.05) is 25.5 Å². The van der Waals surface area contributed by atoms with Gasteiger partial charge in [0.25, 0.3) is 0 Å². The van der Waals surface area contributed by atoms with Crippen LogP contribution in [0, 0.1) is 23.2 Å². The number of nitriles is 1. The maximum absolute atomic E-state index is 9.06. The smallest absolute Gasteiger partial charge is 0.0801 e. The standard InChI is InChI=1S/C12H20N2/c1-4-5-14-12-10(3)6-9(2)7-11(12)8-13/h7,10-12,14H,4-6H2,1-3H3. The summed E-state index contributed by atoms with van der Waals surface area (Å²) in [5.74, 6) is 0.640. The highest BCUT2D eigenvalue weighted by atomic mass is 14.9. The van der Waals surface area contributed by atoms with Gasteiger partial charge in [-0.3, -0.25) is 0 Å². The molecule has 1 aliphatic carbocycles. The van der Waals surface area contributed by atoms with E-state index in [1.165, 1.54) is 5.57 Å². The topological polar surface area (TPSA) is 35.8 Å². The van der Waals surface area contributed by atoms with Gasteiger partial charge in [0.05, 0.1) is 12.0 Å². The first-order chi connectivity index (χ1) is 6.69. The Labute approximate surface area is 87.0 Å². The lowest BCUT2D eigenvalue weighted by Crippen LogP contribution is -2.42. The van der Waals surface area contributed by atoms with Crippen LogP contribution in [0.4, 0.5) is 0 Å². The van der Waals surface area contributed by atoms with Crippen LogP contribution >= 0.6 is 0 Å². The number of hydrogen-bond acceptors (Lipinski definition) is 2. The molecule has 0 fully saturated rings. The lowest BCUT2D eigenvalue weighted by atomic mass is 9.80. The van der Waals surface area contributed by atoms with Gasteiger partial charge >= 0.3 is 0 Å². The van der Waals surface area contributed by atoms with Crippen LogP contribution in [0.25, 0.3) is 0 Å². The Balaban J connectivity index is 2.67. The third-order valence-electron chi connectivity index (χ3n) is 2.89. The number of rotatable bonds is 3. The molecule has 1 rings (SSSR count). The Morgan fingerprint density at radius 2 is 2.36 bits per heavy atom. The maximum atomic E-state index is 9.06. The Morgan fingerprint density at radius 1 is 1.64 bits per heavy atom. The van der Waals surface area contributed by atoms with Crippen LogP contribution < -0.4 is 5.32 Å². The zero-order valence-corrected chi connectivity index (χ0v) is 9.38. The SMILES string of the molecule is CCCNC1C(C#N)C=C(C)CC1C. The zero-order valence-electron chi connectivity index (χ0n) is 9.38. The maximum Gasteiger partial charge on any atom is 0.0801 e. The molecular weight excluding hydrogens is 172 g/mol. The van der Waals surface area contributed by atoms with Gasteiger partial charge in [-0.05, 0) is 32.2 Å². The zero-order chi connectivity index (χ0) is 10.6. The van der Waals surface area contributed by atoms with E-state index in [1.807, 2.05) is 0 Å². The molecule has 0 aliphatic heterocycles. The second-order valence-electron chi connectivity index (χ2n) is 4.33. The second kappa shape index (κ2) is 5.17. The van der Waals surface area contributed by atoms with Crippen molar-refractivity contribution in [2.24, 2.45) is 11.8 Å². The first-order valence-electron chi connectivity index (χ1n) is 5.49. The third-order valence-corrected chi connectivity index (χ3v) is 2.89. The van der Waals surface area contributed by atoms with E-state index in [4.69, 9.17) is 5.26 Å². The van der Waals surface area contributed by atoms with Gasteiger partial charge < -0.3 is 5.32 Å². The average molecular weight is 192 g/mol. The van der Waals surface area contributed by atoms with Crippen molar-refractivity contribution >= 4 is 0 Å². The van der Waals surface area contributed by atoms with E-state index >= 15 is 0 Å². The van der Waals surface area contributed by atoms with Crippen molar-refractivity contribution in [2.75, 3.05) is 6.54 Å². The van der Waals surface area contributed by atoms with Crippen LogP contribution in [0.3, 0.4) is 0 Å². The third kappa shape index (κ3) is 2.59. The van der Waals surface area contributed by atoms with Gasteiger partial charge in [0.1, 0.15) is 0 Å². The van der Waals surface area contributed by atoms with Crippen molar-refractivity contribution in [3.63, 3.8) is 0 Å². The van der Waals surface area contributed by atoms with E-state index in [1.54, 1.807) is 0 Å². The van der Waals surface area contributed by atoms with Crippen molar-refractivity contribution in [3.05, 3.63) is 11.6 Å². The van der Waals surface area contributed by atoms with E-state index in [-0.39, 0.29) is 5.92 Å². The molecule has 2 nitrogen and oxygen atoms in total. The number of nitrogens with zero attached hydrogens (tertiary/aromatic N) is 1. The quantitative estimate of drug-likeness (QED) is 0.697. The van der Waals surface area contributed by atoms with E-state index in [0.717, 1.165) is 19.4 Å². The highest BCUT2D eigenvalue weighted by molar-refractivity contribution is 5.17. The van der Waals surface area contributed by atoms with Crippen molar-refractivity contribution in [3.8, 4) is 6.07 Å². The molecule has 0 heterocycles. The predicted octanol–water partition coefficient (Wildman–Crippen LogP) is 2.48. The molecule has 1 N–H and O–H groups in total. The van der Waals surface area contributed by atoms with Crippen molar-refractivity contribution in [1.29, 1.82) is 5.26 Å². The molecule has 0 bridgehead atoms. The summed E-state index contributed by atoms with van der Waals surface area (Å²) in [6, 6.07) is 2.74. The molecule has 0 saturated heterocycles. The van der Waals surface area contributed by atoms with Crippen LogP contribution in [0.15, 0.2) is 11.6 Å². The molecule has 0 aromatic heterocycles. The summed E-state index contributed by atoms with van der Waals surface area (Å²) in [7, 11) is 0. The normalized spacial score (nSPS) is 32.1. The summed E-state index contributed by atoms with van der Waals surface area (Å²) in [6.07, 6.45) is 4.37. The Morgan fingerprint density at radius 3 is 2.93 bits per heavy atom. The minimum absolute atomic E-state index is 0.0605. The van der Waals surface area contributed by atoms with Gasteiger partial charge in [-0.25, -0.2) is 0 Å². The van der Waals surface area contributed by atoms with Crippen LogP contribution in [0.2, 0.25) is 0 Å². The molecule has 0 saturated carbocycles. The first-order valence-corrected chi connectivity index (χ1v) is 5.49. The van der Waals surface area contributed by atoms with Gasteiger partial charge in [0.2, 0.25) is 0 Å². The summed E-state index contributed by atoms with van der Waals surface area (Å²) < 4.78 is 0. The fraction of sp³-hybridized carbons (Fsp3) is 0.750. The molecular formula is C12H20N2. The lowest BCUT2D eigenvalue weighted by Gasteiger charge is -2.32. The predicted molar refractivity (Wildman–Crippen MR) is 58.7 cm³/mol. The Hall–Kier alpha value is -0.810. The van der Waals surface area contributed by atoms with Gasteiger partial charge in [0.15, 0.2) is 0 Å². The summed E-state index contributed by atoms with van der Waals surface area (Å²) in [5.41, 5.74) is 1.36. The lowest BCUT2D eigenvalue weighted by molar-refractivity contribution is 0.321. The molecule has 3 atom stereocenters. The van der Waals surface area contributed by atoms with Gasteiger partial charge in [-0.15, -0.1) is 0 Å². The molecule has 78 valence electrons. The average Bonchev–Trinajstić information content (AvgIpc) is 2.15. The van der Waals surface area contributed by atoms with E-state index < -0.39 is 0 Å². The van der Waals surface area contributed by atoms with E-state index in [0.29, 0.717) is 12.0 Å². The first kappa shape index (κ1) is 11.3. The number of nitrogens with one attached hydrogen (secondary N) is 1. The highest BCUT2D eigenvalue weighted by Crippen LogP contribution is 2.27. The Bertz CT molecular complexity index is 250. The van der Waals surface area contributed by atoms with Crippen molar-refractivity contribution in [2.45, 2.75) is 39.7 Å². The molecule has 14 heavy (non-hydrogen) atoms. The Kier molecular flexibility index (Phi) is 4.16. The molecule has 0 aromatic carbocycles. The van der Waals surface area contributed by atoms with Crippen LogP contribution in [-0.4, -0.2) is 12.6 Å². The number of allylic oxidation sites excluding steroid dienone is 1. The summed E-state index contributed by atoms with van der Waals surface area (Å²) in [5, 5.41) is 12.5. The number of hydrogen-bond donors (Lipinski definition) is 1. The van der Waals surface area contributed by atoms with Crippen molar-refractivity contribution in [1.82, 2.24) is 5.32 Å². The summed E-state index contributed by atoms with van der Waals surface area (Å²) >= 11 is 0. The fourth-order valence-corrected chi connectivity index (χ4v) is 2.22. The highest BCUT2D eigenvalue weighted by Gasteiger charge is 2.28. The largest absolute Gasteiger partial charge is 0.312 e. The molecule has 0 amide bonds. The minimum Gasteiger partial charge on any atom is -0.312 e.